The van der Waals surface area contributed by atoms with Crippen LogP contribution in [-0.4, -0.2) is 37.4 Å². The first-order valence-electron chi connectivity index (χ1n) is 11.5. The molecule has 5 rings (SSSR count). The molecule has 2 heterocycles. The molecule has 9 nitrogen and oxygen atoms in total. The third-order valence-electron chi connectivity index (χ3n) is 6.73. The molecule has 36 heavy (non-hydrogen) atoms. The molecule has 3 aromatic rings. The van der Waals surface area contributed by atoms with Crippen LogP contribution in [-0.2, 0) is 4.79 Å². The highest BCUT2D eigenvalue weighted by molar-refractivity contribution is 6.39. The molecule has 0 unspecified atom stereocenters. The number of hydrogen-bond acceptors (Lipinski definition) is 7. The van der Waals surface area contributed by atoms with Gasteiger partial charge in [0.05, 0.1) is 33.6 Å². The number of nitriles is 1. The fourth-order valence-electron chi connectivity index (χ4n) is 4.83. The van der Waals surface area contributed by atoms with Crippen molar-refractivity contribution in [2.45, 2.75) is 56.5 Å². The van der Waals surface area contributed by atoms with Crippen LogP contribution in [0.3, 0.4) is 0 Å². The van der Waals surface area contributed by atoms with E-state index in [1.165, 1.54) is 18.3 Å². The first-order valence-corrected chi connectivity index (χ1v) is 12.2. The van der Waals surface area contributed by atoms with Crippen molar-refractivity contribution in [3.05, 3.63) is 33.9 Å². The highest BCUT2D eigenvalue weighted by Crippen LogP contribution is 2.41. The monoisotopic (exact) mass is 534 g/mol. The van der Waals surface area contributed by atoms with Crippen LogP contribution in [0.2, 0.25) is 10.0 Å². The molecule has 0 atom stereocenters. The van der Waals surface area contributed by atoms with Gasteiger partial charge >= 0.3 is 0 Å². The first kappa shape index (κ1) is 24.5. The van der Waals surface area contributed by atoms with E-state index >= 15 is 0 Å². The lowest BCUT2D eigenvalue weighted by Gasteiger charge is -2.35. The second kappa shape index (κ2) is 9.33. The van der Waals surface area contributed by atoms with Crippen LogP contribution >= 0.6 is 23.2 Å². The van der Waals surface area contributed by atoms with Gasteiger partial charge in [-0.25, -0.2) is 18.7 Å². The average molecular weight is 535 g/mol. The Labute approximate surface area is 215 Å². The van der Waals surface area contributed by atoms with Gasteiger partial charge in [-0.2, -0.15) is 10.2 Å². The number of carbonyl (C=O) groups is 1. The molecule has 0 spiro atoms. The summed E-state index contributed by atoms with van der Waals surface area (Å²) >= 11 is 12.8. The number of nitrogens with one attached hydrogen (secondary N) is 2. The summed E-state index contributed by atoms with van der Waals surface area (Å²) < 4.78 is 28.5. The van der Waals surface area contributed by atoms with Gasteiger partial charge in [0.1, 0.15) is 5.52 Å². The van der Waals surface area contributed by atoms with E-state index < -0.39 is 12.0 Å². The Morgan fingerprint density at radius 1 is 1.17 bits per heavy atom. The lowest BCUT2D eigenvalue weighted by atomic mass is 9.85. The minimum Gasteiger partial charge on any atom is -0.369 e. The number of fused-ring (bicyclic) bond motifs is 1. The molecule has 0 saturated heterocycles. The molecule has 2 aliphatic rings. The van der Waals surface area contributed by atoms with Gasteiger partial charge in [0.15, 0.2) is 5.65 Å². The minimum atomic E-state index is -2.67. The number of amides is 1. The SMILES string of the molecule is N#Cc1cc(Cl)c(Nc2nc3cnc(NC4CC(F)(F)C4)nc3n2[C@H]2CC[C@H](C(N)=O)CC2)c(Cl)c1. The Bertz CT molecular complexity index is 1350. The van der Waals surface area contributed by atoms with Gasteiger partial charge in [0.25, 0.3) is 5.92 Å². The maximum absolute atomic E-state index is 13.3. The van der Waals surface area contributed by atoms with Crippen LogP contribution in [0.1, 0.15) is 50.1 Å². The average Bonchev–Trinajstić information content (AvgIpc) is 3.17. The maximum atomic E-state index is 13.3. The van der Waals surface area contributed by atoms with E-state index in [0.29, 0.717) is 54.0 Å². The molecule has 0 radical (unpaired) electrons. The Kier molecular flexibility index (Phi) is 6.34. The number of anilines is 3. The van der Waals surface area contributed by atoms with Crippen molar-refractivity contribution in [1.82, 2.24) is 19.5 Å². The Morgan fingerprint density at radius 3 is 2.42 bits per heavy atom. The van der Waals surface area contributed by atoms with Crippen molar-refractivity contribution in [1.29, 1.82) is 5.26 Å². The number of hydrogen-bond donors (Lipinski definition) is 3. The van der Waals surface area contributed by atoms with E-state index in [4.69, 9.17) is 28.9 Å². The number of nitrogens with zero attached hydrogens (tertiary/aromatic N) is 5. The number of primary amides is 1. The summed E-state index contributed by atoms with van der Waals surface area (Å²) in [6.45, 7) is 0. The van der Waals surface area contributed by atoms with Gasteiger partial charge in [-0.3, -0.25) is 9.36 Å². The van der Waals surface area contributed by atoms with Gasteiger partial charge in [0.2, 0.25) is 17.8 Å². The van der Waals surface area contributed by atoms with Crippen LogP contribution in [0.4, 0.5) is 26.4 Å². The number of aromatic nitrogens is 4. The van der Waals surface area contributed by atoms with Crippen molar-refractivity contribution in [3.63, 3.8) is 0 Å². The quantitative estimate of drug-likeness (QED) is 0.396. The van der Waals surface area contributed by atoms with Crippen LogP contribution in [0.15, 0.2) is 18.3 Å². The predicted octanol–water partition coefficient (Wildman–Crippen LogP) is 5.17. The Hall–Kier alpha value is -3.23. The molecule has 2 aromatic heterocycles. The summed E-state index contributed by atoms with van der Waals surface area (Å²) in [5.74, 6) is -2.54. The van der Waals surface area contributed by atoms with Crippen molar-refractivity contribution in [2.24, 2.45) is 11.7 Å². The number of nitrogens with two attached hydrogens (primary N) is 1. The summed E-state index contributed by atoms with van der Waals surface area (Å²) in [4.78, 5) is 25.2. The van der Waals surface area contributed by atoms with Crippen LogP contribution < -0.4 is 16.4 Å². The largest absolute Gasteiger partial charge is 0.369 e. The zero-order chi connectivity index (χ0) is 25.6. The number of alkyl halides is 2. The first-order chi connectivity index (χ1) is 17.1. The van der Waals surface area contributed by atoms with Crippen LogP contribution in [0.5, 0.6) is 0 Å². The Balaban J connectivity index is 1.52. The van der Waals surface area contributed by atoms with E-state index in [9.17, 15) is 18.8 Å². The number of benzene rings is 1. The molecule has 2 saturated carbocycles. The van der Waals surface area contributed by atoms with E-state index in [0.717, 1.165) is 0 Å². The van der Waals surface area contributed by atoms with Crippen molar-refractivity contribution < 1.29 is 13.6 Å². The summed E-state index contributed by atoms with van der Waals surface area (Å²) in [6.07, 6.45) is 3.53. The zero-order valence-electron chi connectivity index (χ0n) is 18.9. The molecule has 2 fully saturated rings. The number of rotatable bonds is 6. The fraction of sp³-hybridized carbons (Fsp3) is 0.435. The fourth-order valence-corrected chi connectivity index (χ4v) is 5.41. The summed E-state index contributed by atoms with van der Waals surface area (Å²) in [7, 11) is 0. The van der Waals surface area contributed by atoms with Gasteiger partial charge in [-0.1, -0.05) is 23.2 Å². The van der Waals surface area contributed by atoms with Crippen molar-refractivity contribution in [2.75, 3.05) is 10.6 Å². The lowest BCUT2D eigenvalue weighted by Crippen LogP contribution is -2.44. The third-order valence-corrected chi connectivity index (χ3v) is 7.32. The van der Waals surface area contributed by atoms with E-state index in [1.807, 2.05) is 10.6 Å². The molecule has 13 heteroatoms. The van der Waals surface area contributed by atoms with Gasteiger partial charge in [-0.15, -0.1) is 0 Å². The normalized spacial score (nSPS) is 21.5. The topological polar surface area (TPSA) is 135 Å². The molecule has 188 valence electrons. The molecular formula is C23H22Cl2F2N8O. The second-order valence-electron chi connectivity index (χ2n) is 9.27. The van der Waals surface area contributed by atoms with Gasteiger partial charge in [0, 0.05) is 30.8 Å². The highest BCUT2D eigenvalue weighted by Gasteiger charge is 2.45. The van der Waals surface area contributed by atoms with Crippen molar-refractivity contribution in [3.8, 4) is 6.07 Å². The summed E-state index contributed by atoms with van der Waals surface area (Å²) in [6, 6.07) is 4.52. The minimum absolute atomic E-state index is 0.0696. The summed E-state index contributed by atoms with van der Waals surface area (Å²) in [5.41, 5.74) is 7.19. The van der Waals surface area contributed by atoms with Crippen molar-refractivity contribution >= 4 is 57.9 Å². The molecular weight excluding hydrogens is 513 g/mol. The predicted molar refractivity (Wildman–Crippen MR) is 132 cm³/mol. The molecule has 0 aliphatic heterocycles. The van der Waals surface area contributed by atoms with Gasteiger partial charge in [-0.05, 0) is 37.8 Å². The number of halogens is 4. The molecule has 2 aliphatic carbocycles. The smallest absolute Gasteiger partial charge is 0.252 e. The molecule has 0 bridgehead atoms. The molecule has 1 aromatic carbocycles. The Morgan fingerprint density at radius 2 is 1.83 bits per heavy atom. The van der Waals surface area contributed by atoms with Gasteiger partial charge < -0.3 is 16.4 Å². The van der Waals surface area contributed by atoms with E-state index in [2.05, 4.69) is 25.6 Å². The maximum Gasteiger partial charge on any atom is 0.252 e. The molecule has 4 N–H and O–H groups in total. The lowest BCUT2D eigenvalue weighted by molar-refractivity contribution is -0.122. The summed E-state index contributed by atoms with van der Waals surface area (Å²) in [5, 5.41) is 15.8. The third kappa shape index (κ3) is 4.75. The molecule has 1 amide bonds. The highest BCUT2D eigenvalue weighted by atomic mass is 35.5. The zero-order valence-corrected chi connectivity index (χ0v) is 20.5. The van der Waals surface area contributed by atoms with Crippen LogP contribution in [0.25, 0.3) is 11.2 Å². The standard InChI is InChI=1S/C23H22Cl2F2N8O/c24-15-5-11(9-28)6-16(25)18(15)33-22-32-17-10-30-21(31-13-7-23(26,27)8-13)34-20(17)35(22)14-3-1-12(2-4-14)19(29)36/h5-6,10,12-14H,1-4,7-8H2,(H2,29,36)(H,32,33)(H,30,31,34)/t12-,14-. The second-order valence-corrected chi connectivity index (χ2v) is 10.1. The van der Waals surface area contributed by atoms with Crippen LogP contribution in [0, 0.1) is 17.2 Å². The number of imidazole rings is 1. The number of carbonyl (C=O) groups excluding carboxylic acids is 1. The van der Waals surface area contributed by atoms with E-state index in [1.54, 1.807) is 0 Å². The van der Waals surface area contributed by atoms with E-state index in [-0.39, 0.29) is 46.7 Å².